The van der Waals surface area contributed by atoms with E-state index in [-0.39, 0.29) is 0 Å². The van der Waals surface area contributed by atoms with Crippen molar-refractivity contribution in [1.82, 2.24) is 19.9 Å². The van der Waals surface area contributed by atoms with Crippen LogP contribution in [0, 0.1) is 11.8 Å². The van der Waals surface area contributed by atoms with Crippen LogP contribution in [0.1, 0.15) is 51.8 Å². The zero-order chi connectivity index (χ0) is 20.9. The Bertz CT molecular complexity index is 1050. The number of carbonyl (C=O) groups excluding carboxylic acids is 1. The van der Waals surface area contributed by atoms with Crippen LogP contribution < -0.4 is 5.32 Å². The van der Waals surface area contributed by atoms with Crippen molar-refractivity contribution in [3.63, 3.8) is 0 Å². The van der Waals surface area contributed by atoms with Crippen LogP contribution >= 0.6 is 0 Å². The summed E-state index contributed by atoms with van der Waals surface area (Å²) >= 11 is 0. The molecule has 0 aliphatic heterocycles. The molecule has 6 nitrogen and oxygen atoms in total. The number of amides is 1. The van der Waals surface area contributed by atoms with Crippen molar-refractivity contribution in [3.8, 4) is 23.1 Å². The molecular formula is C23H26N4O2. The summed E-state index contributed by atoms with van der Waals surface area (Å²) in [5.74, 6) is 6.22. The maximum atomic E-state index is 11.8. The molecule has 1 amide bonds. The molecule has 0 bridgehead atoms. The highest BCUT2D eigenvalue weighted by atomic mass is 16.6. The van der Waals surface area contributed by atoms with Crippen LogP contribution in [0.25, 0.3) is 16.9 Å². The molecule has 2 aromatic heterocycles. The number of unbranched alkanes of at least 4 members (excludes halogenated alkanes) is 1. The lowest BCUT2D eigenvalue weighted by Crippen LogP contribution is -2.32. The Morgan fingerprint density at radius 3 is 2.62 bits per heavy atom. The average Bonchev–Trinajstić information content (AvgIpc) is 3.09. The number of carbonyl (C=O) groups is 1. The van der Waals surface area contributed by atoms with Gasteiger partial charge in [0.25, 0.3) is 0 Å². The summed E-state index contributed by atoms with van der Waals surface area (Å²) in [6, 6.07) is 11.7. The quantitative estimate of drug-likeness (QED) is 0.663. The average molecular weight is 390 g/mol. The second-order valence-corrected chi connectivity index (χ2v) is 7.74. The van der Waals surface area contributed by atoms with Gasteiger partial charge in [-0.05, 0) is 50.8 Å². The highest BCUT2D eigenvalue weighted by Gasteiger charge is 2.15. The van der Waals surface area contributed by atoms with Gasteiger partial charge in [-0.25, -0.2) is 14.3 Å². The summed E-state index contributed by atoms with van der Waals surface area (Å²) in [6.45, 7) is 8.02. The molecule has 0 saturated heterocycles. The van der Waals surface area contributed by atoms with Crippen LogP contribution in [-0.4, -0.2) is 26.3 Å². The lowest BCUT2D eigenvalue weighted by molar-refractivity contribution is 0.0523. The molecule has 0 radical (unpaired) electrons. The molecule has 1 aromatic carbocycles. The molecule has 0 aliphatic rings. The fourth-order valence-corrected chi connectivity index (χ4v) is 2.70. The number of benzene rings is 1. The van der Waals surface area contributed by atoms with Gasteiger partial charge in [0.15, 0.2) is 5.65 Å². The van der Waals surface area contributed by atoms with Crippen LogP contribution in [0.15, 0.2) is 42.6 Å². The fraction of sp³-hybridized carbons (Fsp3) is 0.348. The summed E-state index contributed by atoms with van der Waals surface area (Å²) in [6.07, 6.45) is 3.26. The topological polar surface area (TPSA) is 68.5 Å². The van der Waals surface area contributed by atoms with E-state index in [0.717, 1.165) is 41.0 Å². The molecule has 1 N–H and O–H groups in total. The first kappa shape index (κ1) is 20.4. The van der Waals surface area contributed by atoms with E-state index in [4.69, 9.17) is 4.74 Å². The van der Waals surface area contributed by atoms with Crippen molar-refractivity contribution in [2.45, 2.75) is 52.7 Å². The van der Waals surface area contributed by atoms with E-state index >= 15 is 0 Å². The van der Waals surface area contributed by atoms with E-state index in [1.165, 1.54) is 0 Å². The fourth-order valence-electron chi connectivity index (χ4n) is 2.70. The van der Waals surface area contributed by atoms with E-state index in [1.807, 2.05) is 61.7 Å². The Labute approximate surface area is 171 Å². The van der Waals surface area contributed by atoms with Crippen LogP contribution in [0.2, 0.25) is 0 Å². The summed E-state index contributed by atoms with van der Waals surface area (Å²) < 4.78 is 7.07. The molecule has 0 unspecified atom stereocenters. The van der Waals surface area contributed by atoms with Gasteiger partial charge < -0.3 is 10.1 Å². The third kappa shape index (κ3) is 5.58. The molecule has 0 spiro atoms. The van der Waals surface area contributed by atoms with Gasteiger partial charge in [0.05, 0.1) is 11.9 Å². The first-order valence-corrected chi connectivity index (χ1v) is 9.75. The number of fused-ring (bicyclic) bond motifs is 1. The molecule has 29 heavy (non-hydrogen) atoms. The van der Waals surface area contributed by atoms with Crippen molar-refractivity contribution >= 4 is 11.7 Å². The number of hydrogen-bond acceptors (Lipinski definition) is 4. The predicted octanol–water partition coefficient (Wildman–Crippen LogP) is 4.57. The minimum atomic E-state index is -0.510. The molecule has 0 atom stereocenters. The van der Waals surface area contributed by atoms with Gasteiger partial charge in [-0.15, -0.1) is 0 Å². The van der Waals surface area contributed by atoms with Gasteiger partial charge in [-0.3, -0.25) is 0 Å². The standard InChI is InChI=1S/C23H26N4O2/c1-5-6-7-8-19-13-14-21-24-16-20(27(21)26-19)18-11-9-17(10-12-18)15-25-22(28)29-23(2,3)4/h9-14,16H,5-6,15H2,1-4H3,(H,25,28). The minimum Gasteiger partial charge on any atom is -0.444 e. The Hall–Kier alpha value is -3.33. The van der Waals surface area contributed by atoms with Crippen LogP contribution in [-0.2, 0) is 11.3 Å². The molecule has 3 rings (SSSR count). The number of alkyl carbamates (subject to hydrolysis) is 1. The number of nitrogens with zero attached hydrogens (tertiary/aromatic N) is 3. The lowest BCUT2D eigenvalue weighted by atomic mass is 10.1. The zero-order valence-electron chi connectivity index (χ0n) is 17.3. The highest BCUT2D eigenvalue weighted by Crippen LogP contribution is 2.21. The van der Waals surface area contributed by atoms with Gasteiger partial charge >= 0.3 is 6.09 Å². The summed E-state index contributed by atoms with van der Waals surface area (Å²) in [5, 5.41) is 7.37. The molecule has 0 fully saturated rings. The van der Waals surface area contributed by atoms with Crippen molar-refractivity contribution in [2.24, 2.45) is 0 Å². The van der Waals surface area contributed by atoms with E-state index in [0.29, 0.717) is 6.54 Å². The highest BCUT2D eigenvalue weighted by molar-refractivity contribution is 5.68. The minimum absolute atomic E-state index is 0.401. The van der Waals surface area contributed by atoms with E-state index in [1.54, 1.807) is 6.20 Å². The smallest absolute Gasteiger partial charge is 0.407 e. The monoisotopic (exact) mass is 390 g/mol. The van der Waals surface area contributed by atoms with E-state index < -0.39 is 11.7 Å². The second kappa shape index (κ2) is 8.78. The largest absolute Gasteiger partial charge is 0.444 e. The normalized spacial score (nSPS) is 11.0. The van der Waals surface area contributed by atoms with Crippen molar-refractivity contribution in [1.29, 1.82) is 0 Å². The van der Waals surface area contributed by atoms with E-state index in [9.17, 15) is 4.79 Å². The van der Waals surface area contributed by atoms with Crippen LogP contribution in [0.4, 0.5) is 4.79 Å². The summed E-state index contributed by atoms with van der Waals surface area (Å²) in [4.78, 5) is 16.2. The number of rotatable bonds is 4. The SMILES string of the molecule is CCCC#Cc1ccc2ncc(-c3ccc(CNC(=O)OC(C)(C)C)cc3)n2n1. The first-order chi connectivity index (χ1) is 13.9. The summed E-state index contributed by atoms with van der Waals surface area (Å²) in [7, 11) is 0. The van der Waals surface area contributed by atoms with Crippen molar-refractivity contribution in [2.75, 3.05) is 0 Å². The van der Waals surface area contributed by atoms with Gasteiger partial charge in [0.2, 0.25) is 0 Å². The zero-order valence-corrected chi connectivity index (χ0v) is 17.3. The first-order valence-electron chi connectivity index (χ1n) is 9.75. The molecule has 0 aliphatic carbocycles. The van der Waals surface area contributed by atoms with Gasteiger partial charge in [0, 0.05) is 18.5 Å². The van der Waals surface area contributed by atoms with Crippen LogP contribution in [0.5, 0.6) is 0 Å². The third-order valence-electron chi connectivity index (χ3n) is 4.04. The summed E-state index contributed by atoms with van der Waals surface area (Å²) in [5.41, 5.74) is 3.85. The van der Waals surface area contributed by atoms with Gasteiger partial charge in [-0.1, -0.05) is 37.1 Å². The Kier molecular flexibility index (Phi) is 6.18. The number of hydrogen-bond donors (Lipinski definition) is 1. The number of imidazole rings is 1. The van der Waals surface area contributed by atoms with Crippen molar-refractivity contribution in [3.05, 3.63) is 53.9 Å². The van der Waals surface area contributed by atoms with Crippen molar-refractivity contribution < 1.29 is 9.53 Å². The molecule has 2 heterocycles. The number of nitrogens with one attached hydrogen (secondary N) is 1. The Balaban J connectivity index is 1.74. The Morgan fingerprint density at radius 2 is 1.93 bits per heavy atom. The van der Waals surface area contributed by atoms with E-state index in [2.05, 4.69) is 34.2 Å². The second-order valence-electron chi connectivity index (χ2n) is 7.74. The lowest BCUT2D eigenvalue weighted by Gasteiger charge is -2.19. The van der Waals surface area contributed by atoms with Gasteiger partial charge in [0.1, 0.15) is 11.3 Å². The molecule has 150 valence electrons. The Morgan fingerprint density at radius 1 is 1.17 bits per heavy atom. The molecule has 0 saturated carbocycles. The third-order valence-corrected chi connectivity index (χ3v) is 4.04. The molecule has 3 aromatic rings. The number of ether oxygens (including phenoxy) is 1. The van der Waals surface area contributed by atoms with Crippen LogP contribution in [0.3, 0.4) is 0 Å². The number of aromatic nitrogens is 3. The maximum absolute atomic E-state index is 11.8. The molecular weight excluding hydrogens is 364 g/mol. The van der Waals surface area contributed by atoms with Gasteiger partial charge in [-0.2, -0.15) is 5.10 Å². The maximum Gasteiger partial charge on any atom is 0.407 e. The predicted molar refractivity (Wildman–Crippen MR) is 113 cm³/mol. The molecule has 6 heteroatoms.